The molecule has 33 heavy (non-hydrogen) atoms. The summed E-state index contributed by atoms with van der Waals surface area (Å²) in [7, 11) is 3.08. The molecular weight excluding hydrogens is 440 g/mol. The molecule has 0 aliphatic carbocycles. The van der Waals surface area contributed by atoms with Gasteiger partial charge in [-0.05, 0) is 36.8 Å². The van der Waals surface area contributed by atoms with E-state index in [0.29, 0.717) is 27.8 Å². The van der Waals surface area contributed by atoms with Gasteiger partial charge in [0.2, 0.25) is 0 Å². The lowest BCUT2D eigenvalue weighted by Crippen LogP contribution is -2.32. The van der Waals surface area contributed by atoms with Gasteiger partial charge < -0.3 is 14.8 Å². The van der Waals surface area contributed by atoms with Crippen molar-refractivity contribution in [3.05, 3.63) is 94.1 Å². The Balaban J connectivity index is 1.82. The first-order valence-electron chi connectivity index (χ1n) is 10.3. The topological polar surface area (TPSA) is 67.9 Å². The van der Waals surface area contributed by atoms with Crippen molar-refractivity contribution >= 4 is 34.7 Å². The molecule has 0 radical (unpaired) electrons. The average Bonchev–Trinajstić information content (AvgIpc) is 3.05. The number of methoxy groups -OCH3 is 2. The highest BCUT2D eigenvalue weighted by Crippen LogP contribution is 2.37. The molecule has 1 heterocycles. The van der Waals surface area contributed by atoms with Gasteiger partial charge in [-0.1, -0.05) is 54.1 Å². The van der Waals surface area contributed by atoms with Crippen LogP contribution >= 0.6 is 11.6 Å². The zero-order valence-corrected chi connectivity index (χ0v) is 19.3. The fourth-order valence-corrected chi connectivity index (χ4v) is 3.98. The van der Waals surface area contributed by atoms with Crippen LogP contribution in [0.4, 0.5) is 5.69 Å². The number of carbonyl (C=O) groups excluding carboxylic acids is 2. The standard InChI is InChI=1S/C26H23ClN2O4/c1-16-12-13-18(27)14-20(16)28-24-23(19-9-5-7-11-22(19)33-3)25(30)29(26(24)31)15-17-8-4-6-10-21(17)32-2/h4-14,28H,15H2,1-3H3. The van der Waals surface area contributed by atoms with E-state index in [0.717, 1.165) is 11.1 Å². The second-order valence-electron chi connectivity index (χ2n) is 7.54. The van der Waals surface area contributed by atoms with Crippen molar-refractivity contribution in [2.45, 2.75) is 13.5 Å². The Morgan fingerprint density at radius 2 is 1.55 bits per heavy atom. The number of nitrogens with one attached hydrogen (secondary N) is 1. The van der Waals surface area contributed by atoms with E-state index in [2.05, 4.69) is 5.32 Å². The van der Waals surface area contributed by atoms with Crippen molar-refractivity contribution in [3.8, 4) is 11.5 Å². The maximum Gasteiger partial charge on any atom is 0.278 e. The molecule has 0 fully saturated rings. The fourth-order valence-electron chi connectivity index (χ4n) is 3.80. The number of amides is 2. The van der Waals surface area contributed by atoms with Gasteiger partial charge >= 0.3 is 0 Å². The first kappa shape index (κ1) is 22.4. The number of rotatable bonds is 7. The van der Waals surface area contributed by atoms with Crippen LogP contribution in [0.5, 0.6) is 11.5 Å². The number of imide groups is 1. The quantitative estimate of drug-likeness (QED) is 0.497. The largest absolute Gasteiger partial charge is 0.496 e. The van der Waals surface area contributed by atoms with E-state index in [1.54, 1.807) is 43.5 Å². The molecule has 3 aromatic rings. The van der Waals surface area contributed by atoms with E-state index >= 15 is 0 Å². The molecule has 7 heteroatoms. The molecule has 0 aromatic heterocycles. The van der Waals surface area contributed by atoms with Crippen LogP contribution in [0, 0.1) is 6.92 Å². The lowest BCUT2D eigenvalue weighted by Gasteiger charge is -2.17. The minimum atomic E-state index is -0.439. The van der Waals surface area contributed by atoms with E-state index in [-0.39, 0.29) is 17.8 Å². The van der Waals surface area contributed by atoms with Crippen molar-refractivity contribution in [3.63, 3.8) is 0 Å². The summed E-state index contributed by atoms with van der Waals surface area (Å²) < 4.78 is 10.9. The molecule has 0 saturated heterocycles. The molecule has 0 unspecified atom stereocenters. The van der Waals surface area contributed by atoms with Gasteiger partial charge in [0.15, 0.2) is 0 Å². The Kier molecular flexibility index (Phi) is 6.38. The number of nitrogens with zero attached hydrogens (tertiary/aromatic N) is 1. The molecule has 4 rings (SSSR count). The zero-order chi connectivity index (χ0) is 23.5. The molecule has 2 amide bonds. The highest BCUT2D eigenvalue weighted by molar-refractivity contribution is 6.37. The smallest absolute Gasteiger partial charge is 0.278 e. The van der Waals surface area contributed by atoms with Gasteiger partial charge in [0.1, 0.15) is 17.2 Å². The number of hydrogen-bond donors (Lipinski definition) is 1. The summed E-state index contributed by atoms with van der Waals surface area (Å²) in [5, 5.41) is 3.69. The first-order valence-corrected chi connectivity index (χ1v) is 10.7. The third-order valence-corrected chi connectivity index (χ3v) is 5.76. The zero-order valence-electron chi connectivity index (χ0n) is 18.5. The molecule has 3 aromatic carbocycles. The first-order chi connectivity index (χ1) is 15.9. The molecule has 1 aliphatic heterocycles. The van der Waals surface area contributed by atoms with Crippen molar-refractivity contribution in [1.82, 2.24) is 4.90 Å². The molecule has 1 N–H and O–H groups in total. The summed E-state index contributed by atoms with van der Waals surface area (Å²) in [6.45, 7) is 1.97. The fraction of sp³-hybridized carbons (Fsp3) is 0.154. The molecule has 0 atom stereocenters. The van der Waals surface area contributed by atoms with Crippen LogP contribution in [0.25, 0.3) is 5.57 Å². The number of halogens is 1. The number of carbonyl (C=O) groups is 2. The van der Waals surface area contributed by atoms with Gasteiger partial charge in [-0.15, -0.1) is 0 Å². The van der Waals surface area contributed by atoms with Crippen LogP contribution in [-0.2, 0) is 16.1 Å². The number of aryl methyl sites for hydroxylation is 1. The second-order valence-corrected chi connectivity index (χ2v) is 7.98. The summed E-state index contributed by atoms with van der Waals surface area (Å²) in [6, 6.07) is 19.8. The predicted octanol–water partition coefficient (Wildman–Crippen LogP) is 5.06. The van der Waals surface area contributed by atoms with Crippen LogP contribution in [-0.4, -0.2) is 30.9 Å². The minimum absolute atomic E-state index is 0.0695. The Morgan fingerprint density at radius 1 is 0.879 bits per heavy atom. The van der Waals surface area contributed by atoms with Crippen molar-refractivity contribution < 1.29 is 19.1 Å². The lowest BCUT2D eigenvalue weighted by atomic mass is 10.0. The number of anilines is 1. The molecule has 1 aliphatic rings. The summed E-state index contributed by atoms with van der Waals surface area (Å²) >= 11 is 6.19. The van der Waals surface area contributed by atoms with Crippen molar-refractivity contribution in [1.29, 1.82) is 0 Å². The Hall–Kier alpha value is -3.77. The second kappa shape index (κ2) is 9.38. The van der Waals surface area contributed by atoms with E-state index in [9.17, 15) is 9.59 Å². The van der Waals surface area contributed by atoms with E-state index in [4.69, 9.17) is 21.1 Å². The summed E-state index contributed by atoms with van der Waals surface area (Å²) in [5.74, 6) is 0.239. The lowest BCUT2D eigenvalue weighted by molar-refractivity contribution is -0.137. The third kappa shape index (κ3) is 4.30. The van der Waals surface area contributed by atoms with Gasteiger partial charge in [-0.2, -0.15) is 0 Å². The van der Waals surface area contributed by atoms with Crippen molar-refractivity contribution in [2.24, 2.45) is 0 Å². The van der Waals surface area contributed by atoms with E-state index in [1.807, 2.05) is 37.3 Å². The monoisotopic (exact) mass is 462 g/mol. The number of para-hydroxylation sites is 2. The molecule has 0 bridgehead atoms. The van der Waals surface area contributed by atoms with Crippen LogP contribution in [0.15, 0.2) is 72.4 Å². The minimum Gasteiger partial charge on any atom is -0.496 e. The number of benzene rings is 3. The summed E-state index contributed by atoms with van der Waals surface area (Å²) in [6.07, 6.45) is 0. The van der Waals surface area contributed by atoms with Gasteiger partial charge in [-0.25, -0.2) is 0 Å². The SMILES string of the molecule is COc1ccccc1CN1C(=O)C(Nc2cc(Cl)ccc2C)=C(c2ccccc2OC)C1=O. The van der Waals surface area contributed by atoms with Crippen LogP contribution in [0.3, 0.4) is 0 Å². The van der Waals surface area contributed by atoms with E-state index < -0.39 is 11.8 Å². The number of hydrogen-bond acceptors (Lipinski definition) is 5. The highest BCUT2D eigenvalue weighted by Gasteiger charge is 2.40. The molecule has 0 saturated carbocycles. The molecule has 0 spiro atoms. The maximum absolute atomic E-state index is 13.6. The van der Waals surface area contributed by atoms with Crippen LogP contribution in [0.2, 0.25) is 5.02 Å². The Morgan fingerprint density at radius 3 is 2.27 bits per heavy atom. The van der Waals surface area contributed by atoms with Gasteiger partial charge in [0.05, 0.1) is 26.3 Å². The molecule has 6 nitrogen and oxygen atoms in total. The van der Waals surface area contributed by atoms with Gasteiger partial charge in [-0.3, -0.25) is 14.5 Å². The van der Waals surface area contributed by atoms with Crippen LogP contribution < -0.4 is 14.8 Å². The normalized spacial score (nSPS) is 13.5. The third-order valence-electron chi connectivity index (χ3n) is 5.52. The predicted molar refractivity (Wildman–Crippen MR) is 128 cm³/mol. The molecule has 168 valence electrons. The van der Waals surface area contributed by atoms with Gasteiger partial charge in [0.25, 0.3) is 11.8 Å². The summed E-state index contributed by atoms with van der Waals surface area (Å²) in [4.78, 5) is 28.4. The van der Waals surface area contributed by atoms with Crippen LogP contribution in [0.1, 0.15) is 16.7 Å². The molecular formula is C26H23ClN2O4. The summed E-state index contributed by atoms with van der Waals surface area (Å²) in [5.41, 5.74) is 3.20. The average molecular weight is 463 g/mol. The maximum atomic E-state index is 13.6. The van der Waals surface area contributed by atoms with E-state index in [1.165, 1.54) is 12.0 Å². The Bertz CT molecular complexity index is 1270. The van der Waals surface area contributed by atoms with Crippen molar-refractivity contribution in [2.75, 3.05) is 19.5 Å². The Labute approximate surface area is 197 Å². The number of ether oxygens (including phenoxy) is 2. The highest BCUT2D eigenvalue weighted by atomic mass is 35.5. The van der Waals surface area contributed by atoms with Gasteiger partial charge in [0, 0.05) is 21.8 Å².